The first kappa shape index (κ1) is 14.2. The highest BCUT2D eigenvalue weighted by molar-refractivity contribution is 5.95. The van der Waals surface area contributed by atoms with Crippen LogP contribution in [0.2, 0.25) is 0 Å². The van der Waals surface area contributed by atoms with E-state index >= 15 is 0 Å². The molecule has 104 valence electrons. The fourth-order valence-electron chi connectivity index (χ4n) is 2.19. The van der Waals surface area contributed by atoms with E-state index in [4.69, 9.17) is 11.1 Å². The Morgan fingerprint density at radius 3 is 2.70 bits per heavy atom. The van der Waals surface area contributed by atoms with Crippen molar-refractivity contribution in [2.75, 3.05) is 7.05 Å². The van der Waals surface area contributed by atoms with Crippen molar-refractivity contribution in [2.24, 2.45) is 5.73 Å². The first-order chi connectivity index (χ1) is 9.56. The van der Waals surface area contributed by atoms with Crippen LogP contribution in [0.4, 0.5) is 0 Å². The topological polar surface area (TPSA) is 66.0 Å². The predicted molar refractivity (Wildman–Crippen MR) is 81.6 cm³/mol. The first-order valence-electron chi connectivity index (χ1n) is 6.57. The van der Waals surface area contributed by atoms with Crippen LogP contribution in [0, 0.1) is 12.3 Å². The van der Waals surface area contributed by atoms with Gasteiger partial charge in [-0.2, -0.15) is 0 Å². The molecule has 0 atom stereocenters. The van der Waals surface area contributed by atoms with Crippen molar-refractivity contribution in [3.05, 3.63) is 65.0 Å². The molecular weight excluding hydrogens is 248 g/mol. The molecule has 0 bridgehead atoms. The summed E-state index contributed by atoms with van der Waals surface area (Å²) >= 11 is 0. The lowest BCUT2D eigenvalue weighted by molar-refractivity contribution is 0.318. The van der Waals surface area contributed by atoms with Crippen LogP contribution < -0.4 is 5.73 Å². The summed E-state index contributed by atoms with van der Waals surface area (Å²) in [6.45, 7) is 3.78. The Balaban J connectivity index is 2.04. The Labute approximate surface area is 119 Å². The van der Waals surface area contributed by atoms with Gasteiger partial charge in [-0.1, -0.05) is 18.2 Å². The number of rotatable bonds is 5. The average molecular weight is 268 g/mol. The number of nitrogens with one attached hydrogen (secondary N) is 1. The Hall–Kier alpha value is -2.20. The molecule has 0 aliphatic heterocycles. The van der Waals surface area contributed by atoms with E-state index in [2.05, 4.69) is 29.9 Å². The smallest absolute Gasteiger partial charge is 0.122 e. The van der Waals surface area contributed by atoms with Crippen LogP contribution >= 0.6 is 0 Å². The molecule has 20 heavy (non-hydrogen) atoms. The third-order valence-electron chi connectivity index (χ3n) is 3.27. The quantitative estimate of drug-likeness (QED) is 0.646. The van der Waals surface area contributed by atoms with E-state index in [1.807, 2.05) is 30.5 Å². The number of benzene rings is 1. The molecule has 4 nitrogen and oxygen atoms in total. The molecule has 1 aromatic heterocycles. The van der Waals surface area contributed by atoms with Crippen molar-refractivity contribution in [2.45, 2.75) is 20.0 Å². The highest BCUT2D eigenvalue weighted by atomic mass is 15.1. The van der Waals surface area contributed by atoms with Crippen LogP contribution in [0.1, 0.15) is 22.3 Å². The van der Waals surface area contributed by atoms with Crippen molar-refractivity contribution < 1.29 is 0 Å². The highest BCUT2D eigenvalue weighted by Crippen LogP contribution is 2.14. The largest absolute Gasteiger partial charge is 0.384 e. The van der Waals surface area contributed by atoms with Gasteiger partial charge < -0.3 is 5.73 Å². The first-order valence-corrected chi connectivity index (χ1v) is 6.57. The summed E-state index contributed by atoms with van der Waals surface area (Å²) < 4.78 is 0. The average Bonchev–Trinajstić information content (AvgIpc) is 2.42. The van der Waals surface area contributed by atoms with Gasteiger partial charge in [0.15, 0.2) is 0 Å². The van der Waals surface area contributed by atoms with Crippen LogP contribution in [0.3, 0.4) is 0 Å². The Bertz CT molecular complexity index is 593. The molecule has 0 unspecified atom stereocenters. The van der Waals surface area contributed by atoms with Gasteiger partial charge in [-0.15, -0.1) is 0 Å². The molecule has 0 aliphatic carbocycles. The van der Waals surface area contributed by atoms with Gasteiger partial charge >= 0.3 is 0 Å². The van der Waals surface area contributed by atoms with Crippen molar-refractivity contribution in [1.29, 1.82) is 5.41 Å². The van der Waals surface area contributed by atoms with Crippen molar-refractivity contribution in [3.8, 4) is 0 Å². The standard InChI is InChI=1S/C16H20N4/c1-12-8-14(16(17)18)5-6-15(12)11-20(2)10-13-4-3-7-19-9-13/h3-9H,10-11H2,1-2H3,(H3,17,18). The molecule has 2 aromatic rings. The number of hydrogen-bond acceptors (Lipinski definition) is 3. The summed E-state index contributed by atoms with van der Waals surface area (Å²) in [5, 5.41) is 7.45. The van der Waals surface area contributed by atoms with Gasteiger partial charge in [0.2, 0.25) is 0 Å². The Kier molecular flexibility index (Phi) is 4.48. The minimum atomic E-state index is 0.114. The zero-order valence-electron chi connectivity index (χ0n) is 11.9. The second-order valence-electron chi connectivity index (χ2n) is 5.09. The van der Waals surface area contributed by atoms with Gasteiger partial charge in [-0.25, -0.2) is 0 Å². The highest BCUT2D eigenvalue weighted by Gasteiger charge is 2.06. The maximum atomic E-state index is 7.45. The fourth-order valence-corrected chi connectivity index (χ4v) is 2.19. The third kappa shape index (κ3) is 3.65. The van der Waals surface area contributed by atoms with Gasteiger partial charge in [-0.3, -0.25) is 15.3 Å². The number of nitrogens with zero attached hydrogens (tertiary/aromatic N) is 2. The molecule has 2 rings (SSSR count). The van der Waals surface area contributed by atoms with Crippen LogP contribution in [0.5, 0.6) is 0 Å². The lowest BCUT2D eigenvalue weighted by atomic mass is 10.0. The number of hydrogen-bond donors (Lipinski definition) is 2. The van der Waals surface area contributed by atoms with E-state index in [9.17, 15) is 0 Å². The Morgan fingerprint density at radius 2 is 2.10 bits per heavy atom. The predicted octanol–water partition coefficient (Wildman–Crippen LogP) is 2.31. The van der Waals surface area contributed by atoms with Gasteiger partial charge in [0.1, 0.15) is 5.84 Å². The minimum absolute atomic E-state index is 0.114. The number of nitrogen functional groups attached to an aromatic ring is 1. The van der Waals surface area contributed by atoms with Gasteiger partial charge in [0, 0.05) is 31.0 Å². The number of nitrogens with two attached hydrogens (primary N) is 1. The van der Waals surface area contributed by atoms with E-state index in [0.717, 1.165) is 24.2 Å². The molecule has 1 heterocycles. The Morgan fingerprint density at radius 1 is 1.30 bits per heavy atom. The summed E-state index contributed by atoms with van der Waals surface area (Å²) in [5.41, 5.74) is 9.90. The van der Waals surface area contributed by atoms with Crippen LogP contribution in [0.25, 0.3) is 0 Å². The van der Waals surface area contributed by atoms with E-state index in [1.165, 1.54) is 11.1 Å². The maximum absolute atomic E-state index is 7.45. The summed E-state index contributed by atoms with van der Waals surface area (Å²) in [7, 11) is 2.09. The summed E-state index contributed by atoms with van der Waals surface area (Å²) in [5.74, 6) is 0.114. The van der Waals surface area contributed by atoms with Crippen molar-refractivity contribution in [1.82, 2.24) is 9.88 Å². The molecule has 0 fully saturated rings. The number of amidine groups is 1. The zero-order chi connectivity index (χ0) is 14.5. The molecule has 3 N–H and O–H groups in total. The molecule has 0 radical (unpaired) electrons. The van der Waals surface area contributed by atoms with Crippen LogP contribution in [0.15, 0.2) is 42.7 Å². The number of pyridine rings is 1. The van der Waals surface area contributed by atoms with Crippen molar-refractivity contribution in [3.63, 3.8) is 0 Å². The fraction of sp³-hybridized carbons (Fsp3) is 0.250. The molecule has 4 heteroatoms. The second kappa shape index (κ2) is 6.30. The van der Waals surface area contributed by atoms with E-state index in [1.54, 1.807) is 6.20 Å². The van der Waals surface area contributed by atoms with E-state index in [0.29, 0.717) is 0 Å². The summed E-state index contributed by atoms with van der Waals surface area (Å²) in [6, 6.07) is 9.95. The molecule has 0 saturated carbocycles. The molecule has 0 aliphatic rings. The van der Waals surface area contributed by atoms with E-state index in [-0.39, 0.29) is 5.84 Å². The van der Waals surface area contributed by atoms with Crippen LogP contribution in [-0.2, 0) is 13.1 Å². The van der Waals surface area contributed by atoms with E-state index < -0.39 is 0 Å². The van der Waals surface area contributed by atoms with Gasteiger partial charge in [0.25, 0.3) is 0 Å². The number of aryl methyl sites for hydroxylation is 1. The van der Waals surface area contributed by atoms with Gasteiger partial charge in [0.05, 0.1) is 0 Å². The van der Waals surface area contributed by atoms with Crippen molar-refractivity contribution >= 4 is 5.84 Å². The second-order valence-corrected chi connectivity index (χ2v) is 5.09. The maximum Gasteiger partial charge on any atom is 0.122 e. The van der Waals surface area contributed by atoms with Gasteiger partial charge in [-0.05, 0) is 42.8 Å². The minimum Gasteiger partial charge on any atom is -0.384 e. The molecule has 0 amide bonds. The third-order valence-corrected chi connectivity index (χ3v) is 3.27. The zero-order valence-corrected chi connectivity index (χ0v) is 11.9. The SMILES string of the molecule is Cc1cc(C(=N)N)ccc1CN(C)Cc1cccnc1. The molecular formula is C16H20N4. The molecule has 1 aromatic carbocycles. The number of aromatic nitrogens is 1. The summed E-state index contributed by atoms with van der Waals surface area (Å²) in [4.78, 5) is 6.37. The molecule has 0 spiro atoms. The molecule has 0 saturated heterocycles. The summed E-state index contributed by atoms with van der Waals surface area (Å²) in [6.07, 6.45) is 3.68. The normalized spacial score (nSPS) is 10.8. The lowest BCUT2D eigenvalue weighted by Gasteiger charge is -2.18. The monoisotopic (exact) mass is 268 g/mol. The van der Waals surface area contributed by atoms with Crippen LogP contribution in [-0.4, -0.2) is 22.8 Å². The lowest BCUT2D eigenvalue weighted by Crippen LogP contribution is -2.18.